The van der Waals surface area contributed by atoms with Crippen molar-refractivity contribution in [1.82, 2.24) is 0 Å². The number of nitrogens with zero attached hydrogens (tertiary/aromatic N) is 2. The van der Waals surface area contributed by atoms with Gasteiger partial charge in [0.15, 0.2) is 0 Å². The highest BCUT2D eigenvalue weighted by Gasteiger charge is 2.13. The maximum atomic E-state index is 10.9. The van der Waals surface area contributed by atoms with Crippen LogP contribution in [0.15, 0.2) is 35.6 Å². The lowest BCUT2D eigenvalue weighted by atomic mass is 10.2. The molecule has 0 aliphatic carbocycles. The minimum atomic E-state index is -0.953. The van der Waals surface area contributed by atoms with Crippen molar-refractivity contribution in [2.24, 2.45) is 5.28 Å². The topological polar surface area (TPSA) is 78.6 Å². The van der Waals surface area contributed by atoms with Crippen molar-refractivity contribution in [2.75, 3.05) is 0 Å². The third kappa shape index (κ3) is 1.57. The first-order chi connectivity index (χ1) is 5.75. The second-order valence-electron chi connectivity index (χ2n) is 2.03. The molecule has 1 aromatic carbocycles. The van der Waals surface area contributed by atoms with E-state index < -0.39 is 10.8 Å². The lowest BCUT2D eigenvalue weighted by molar-refractivity contribution is -0.424. The number of carbonyl (C=O) groups is 1. The van der Waals surface area contributed by atoms with Crippen LogP contribution in [-0.2, 0) is 0 Å². The van der Waals surface area contributed by atoms with E-state index in [0.717, 1.165) is 0 Å². The number of carbonyl (C=O) groups excluding carboxylic acids is 1. The number of hydrogen-bond acceptors (Lipinski definition) is 4. The van der Waals surface area contributed by atoms with E-state index in [1.165, 1.54) is 12.1 Å². The maximum absolute atomic E-state index is 10.9. The first kappa shape index (κ1) is 8.19. The lowest BCUT2D eigenvalue weighted by Gasteiger charge is -1.98. The van der Waals surface area contributed by atoms with Gasteiger partial charge in [0.25, 0.3) is 0 Å². The molecule has 5 nitrogen and oxygen atoms in total. The molecule has 0 saturated carbocycles. The van der Waals surface area contributed by atoms with Crippen molar-refractivity contribution >= 4 is 5.91 Å². The maximum Gasteiger partial charge on any atom is 0.455 e. The fourth-order valence-electron chi connectivity index (χ4n) is 0.728. The minimum absolute atomic E-state index is 0.145. The molecule has 0 radical (unpaired) electrons. The predicted octanol–water partition coefficient (Wildman–Crippen LogP) is 1.29. The van der Waals surface area contributed by atoms with Gasteiger partial charge in [-0.05, 0) is 22.3 Å². The van der Waals surface area contributed by atoms with Crippen LogP contribution < -0.4 is 0 Å². The summed E-state index contributed by atoms with van der Waals surface area (Å²) in [5.41, 5.74) is 0.145. The van der Waals surface area contributed by atoms with Gasteiger partial charge in [0, 0.05) is 0 Å². The largest absolute Gasteiger partial charge is 0.739 e. The van der Waals surface area contributed by atoms with E-state index in [4.69, 9.17) is 0 Å². The summed E-state index contributed by atoms with van der Waals surface area (Å²) in [6, 6.07) is 7.73. The van der Waals surface area contributed by atoms with Gasteiger partial charge in [-0.15, -0.1) is 0 Å². The van der Waals surface area contributed by atoms with Crippen molar-refractivity contribution in [3.63, 3.8) is 0 Å². The molecule has 12 heavy (non-hydrogen) atoms. The fourth-order valence-corrected chi connectivity index (χ4v) is 0.728. The van der Waals surface area contributed by atoms with Gasteiger partial charge in [-0.1, -0.05) is 18.2 Å². The molecule has 0 bridgehead atoms. The molecular formula is C7H5N2O3-. The molecule has 62 valence electrons. The summed E-state index contributed by atoms with van der Waals surface area (Å²) in [5, 5.41) is 22.0. The molecular weight excluding hydrogens is 160 g/mol. The average molecular weight is 165 g/mol. The molecule has 1 rings (SSSR count). The highest BCUT2D eigenvalue weighted by Crippen LogP contribution is 2.00. The van der Waals surface area contributed by atoms with E-state index in [-0.39, 0.29) is 5.56 Å². The zero-order valence-electron chi connectivity index (χ0n) is 6.01. The Morgan fingerprint density at radius 1 is 1.33 bits per heavy atom. The first-order valence-corrected chi connectivity index (χ1v) is 3.15. The number of rotatable bonds is 1. The minimum Gasteiger partial charge on any atom is -0.739 e. The highest BCUT2D eigenvalue weighted by atomic mass is 16.6. The third-order valence-electron chi connectivity index (χ3n) is 1.27. The Morgan fingerprint density at radius 2 is 1.92 bits per heavy atom. The number of hydrogen-bond donors (Lipinski definition) is 0. The van der Waals surface area contributed by atoms with E-state index >= 15 is 0 Å². The van der Waals surface area contributed by atoms with Crippen LogP contribution in [0, 0.1) is 10.4 Å². The van der Waals surface area contributed by atoms with Crippen LogP contribution in [0.25, 0.3) is 0 Å². The number of hydroxylamine groups is 1. The van der Waals surface area contributed by atoms with Crippen molar-refractivity contribution in [3.05, 3.63) is 46.3 Å². The standard InChI is InChI=1S/C7H6N2O3/c10-7(9(12)8-11)6-4-2-1-3-5-6/h1-5,11H/p-1. The van der Waals surface area contributed by atoms with E-state index in [2.05, 4.69) is 0 Å². The summed E-state index contributed by atoms with van der Waals surface area (Å²) in [5.74, 6) is -0.953. The van der Waals surface area contributed by atoms with Gasteiger partial charge in [-0.2, -0.15) is 0 Å². The van der Waals surface area contributed by atoms with Crippen molar-refractivity contribution in [1.29, 1.82) is 0 Å². The summed E-state index contributed by atoms with van der Waals surface area (Å²) in [6.07, 6.45) is 0. The highest BCUT2D eigenvalue weighted by molar-refractivity contribution is 5.87. The lowest BCUT2D eigenvalue weighted by Crippen LogP contribution is -2.11. The summed E-state index contributed by atoms with van der Waals surface area (Å²) in [4.78, 5) is 10.4. The van der Waals surface area contributed by atoms with Crippen LogP contribution in [0.4, 0.5) is 0 Å². The van der Waals surface area contributed by atoms with Gasteiger partial charge in [-0.25, -0.2) is 4.79 Å². The molecule has 5 heteroatoms. The summed E-state index contributed by atoms with van der Waals surface area (Å²) < 4.78 is 0. The Bertz CT molecular complexity index is 308. The molecule has 0 aliphatic rings. The molecule has 0 spiro atoms. The molecule has 0 saturated heterocycles. The SMILES string of the molecule is O=C(c1ccccc1)[N+]([O-])=N[O-]. The second-order valence-corrected chi connectivity index (χ2v) is 2.03. The Labute approximate surface area is 68.1 Å². The molecule has 0 unspecified atom stereocenters. The number of amides is 1. The predicted molar refractivity (Wildman–Crippen MR) is 40.2 cm³/mol. The Kier molecular flexibility index (Phi) is 2.37. The quantitative estimate of drug-likeness (QED) is 0.357. The summed E-state index contributed by atoms with van der Waals surface area (Å²) in [6.45, 7) is 0. The first-order valence-electron chi connectivity index (χ1n) is 3.15. The average Bonchev–Trinajstić information content (AvgIpc) is 2.17. The van der Waals surface area contributed by atoms with Crippen LogP contribution in [0.1, 0.15) is 10.4 Å². The van der Waals surface area contributed by atoms with Gasteiger partial charge in [0.1, 0.15) is 0 Å². The van der Waals surface area contributed by atoms with Crippen LogP contribution in [0.5, 0.6) is 0 Å². The van der Waals surface area contributed by atoms with Crippen LogP contribution in [-0.4, -0.2) is 10.8 Å². The molecule has 0 atom stereocenters. The molecule has 0 N–H and O–H groups in total. The Hall–Kier alpha value is -1.91. The van der Waals surface area contributed by atoms with E-state index in [9.17, 15) is 15.2 Å². The Morgan fingerprint density at radius 3 is 2.42 bits per heavy atom. The monoisotopic (exact) mass is 165 g/mol. The van der Waals surface area contributed by atoms with Gasteiger partial charge < -0.3 is 10.4 Å². The van der Waals surface area contributed by atoms with Crippen molar-refractivity contribution in [2.45, 2.75) is 0 Å². The van der Waals surface area contributed by atoms with Crippen molar-refractivity contribution < 1.29 is 9.66 Å². The van der Waals surface area contributed by atoms with Gasteiger partial charge in [0.2, 0.25) is 0 Å². The summed E-state index contributed by atoms with van der Waals surface area (Å²) in [7, 11) is 0. The fraction of sp³-hybridized carbons (Fsp3) is 0. The zero-order valence-corrected chi connectivity index (χ0v) is 6.01. The number of benzene rings is 1. The normalized spacial score (nSPS) is 11.2. The molecule has 1 amide bonds. The second kappa shape index (κ2) is 3.47. The van der Waals surface area contributed by atoms with Crippen LogP contribution in [0.3, 0.4) is 0 Å². The van der Waals surface area contributed by atoms with Gasteiger partial charge >= 0.3 is 5.91 Å². The zero-order chi connectivity index (χ0) is 8.97. The van der Waals surface area contributed by atoms with E-state index in [1.54, 1.807) is 18.2 Å². The third-order valence-corrected chi connectivity index (χ3v) is 1.27. The van der Waals surface area contributed by atoms with Gasteiger partial charge in [-0.3, -0.25) is 0 Å². The van der Waals surface area contributed by atoms with E-state index in [1.807, 2.05) is 5.28 Å². The van der Waals surface area contributed by atoms with Crippen LogP contribution in [0.2, 0.25) is 0 Å². The van der Waals surface area contributed by atoms with Crippen molar-refractivity contribution in [3.8, 4) is 0 Å². The van der Waals surface area contributed by atoms with Crippen LogP contribution >= 0.6 is 0 Å². The van der Waals surface area contributed by atoms with E-state index in [0.29, 0.717) is 0 Å². The molecule has 0 aromatic heterocycles. The summed E-state index contributed by atoms with van der Waals surface area (Å²) >= 11 is 0. The smallest absolute Gasteiger partial charge is 0.455 e. The molecule has 1 aromatic rings. The molecule has 0 aliphatic heterocycles. The molecule has 0 fully saturated rings. The molecule has 0 heterocycles. The van der Waals surface area contributed by atoms with Gasteiger partial charge in [0.05, 0.1) is 5.56 Å². The Balaban J connectivity index is 2.94.